The summed E-state index contributed by atoms with van der Waals surface area (Å²) in [6, 6.07) is 21.6. The number of carbonyl (C=O) groups excluding carboxylic acids is 1. The fraction of sp³-hybridized carbons (Fsp3) is 0.192. The predicted octanol–water partition coefficient (Wildman–Crippen LogP) is 5.57. The lowest BCUT2D eigenvalue weighted by Gasteiger charge is -2.07. The molecule has 154 valence electrons. The number of ketones is 1. The van der Waals surface area contributed by atoms with E-state index in [0.29, 0.717) is 12.2 Å². The van der Waals surface area contributed by atoms with Crippen LogP contribution in [0, 0.1) is 5.82 Å². The Morgan fingerprint density at radius 3 is 2.37 bits per heavy atom. The van der Waals surface area contributed by atoms with E-state index in [2.05, 4.69) is 0 Å². The van der Waals surface area contributed by atoms with E-state index in [9.17, 15) is 9.18 Å². The molecule has 0 aliphatic rings. The van der Waals surface area contributed by atoms with Gasteiger partial charge in [-0.3, -0.25) is 4.79 Å². The molecule has 0 aliphatic heterocycles. The summed E-state index contributed by atoms with van der Waals surface area (Å²) in [5, 5.41) is 9.10. The second kappa shape index (κ2) is 11.1. The number of hydrogen-bond acceptors (Lipinski definition) is 3. The normalized spacial score (nSPS) is 11.0. The van der Waals surface area contributed by atoms with Crippen molar-refractivity contribution >= 4 is 17.9 Å². The molecular weight excluding hydrogens is 379 g/mol. The van der Waals surface area contributed by atoms with E-state index >= 15 is 0 Å². The van der Waals surface area contributed by atoms with Crippen molar-refractivity contribution in [1.29, 1.82) is 0 Å². The summed E-state index contributed by atoms with van der Waals surface area (Å²) in [6.07, 6.45) is 6.62. The van der Waals surface area contributed by atoms with Crippen LogP contribution in [0.25, 0.3) is 12.2 Å². The first kappa shape index (κ1) is 21.5. The molecule has 3 aromatic rings. The van der Waals surface area contributed by atoms with Crippen molar-refractivity contribution in [3.05, 3.63) is 101 Å². The lowest BCUT2D eigenvalue weighted by atomic mass is 10.0. The maximum absolute atomic E-state index is 12.9. The Morgan fingerprint density at radius 2 is 1.63 bits per heavy atom. The van der Waals surface area contributed by atoms with Gasteiger partial charge in [-0.05, 0) is 60.2 Å². The molecule has 0 spiro atoms. The predicted molar refractivity (Wildman–Crippen MR) is 118 cm³/mol. The van der Waals surface area contributed by atoms with Gasteiger partial charge in [0.25, 0.3) is 0 Å². The van der Waals surface area contributed by atoms with Crippen molar-refractivity contribution in [2.45, 2.75) is 19.3 Å². The SMILES string of the molecule is O=C(CO)c1ccccc1/C=C/c1ccc(OCCCCc2ccc(F)cc2)cc1. The molecule has 30 heavy (non-hydrogen) atoms. The van der Waals surface area contributed by atoms with Gasteiger partial charge in [-0.15, -0.1) is 0 Å². The van der Waals surface area contributed by atoms with Crippen molar-refractivity contribution < 1.29 is 19.0 Å². The van der Waals surface area contributed by atoms with E-state index in [1.165, 1.54) is 12.1 Å². The second-order valence-corrected chi connectivity index (χ2v) is 7.00. The number of Topliss-reactive ketones (excluding diaryl/α,β-unsaturated/α-hetero) is 1. The molecule has 0 amide bonds. The Kier molecular flexibility index (Phi) is 7.93. The van der Waals surface area contributed by atoms with Crippen molar-refractivity contribution in [1.82, 2.24) is 0 Å². The number of benzene rings is 3. The van der Waals surface area contributed by atoms with Gasteiger partial charge in [0.15, 0.2) is 5.78 Å². The summed E-state index contributed by atoms with van der Waals surface area (Å²) >= 11 is 0. The molecule has 3 nitrogen and oxygen atoms in total. The van der Waals surface area contributed by atoms with Crippen LogP contribution in [0.15, 0.2) is 72.8 Å². The molecule has 0 saturated carbocycles. The summed E-state index contributed by atoms with van der Waals surface area (Å²) < 4.78 is 18.7. The van der Waals surface area contributed by atoms with E-state index in [1.54, 1.807) is 12.1 Å². The first-order valence-corrected chi connectivity index (χ1v) is 10.0. The average Bonchev–Trinajstić information content (AvgIpc) is 2.79. The van der Waals surface area contributed by atoms with Crippen molar-refractivity contribution in [2.75, 3.05) is 13.2 Å². The minimum Gasteiger partial charge on any atom is -0.494 e. The molecule has 0 unspecified atom stereocenters. The van der Waals surface area contributed by atoms with Gasteiger partial charge < -0.3 is 9.84 Å². The lowest BCUT2D eigenvalue weighted by Crippen LogP contribution is -2.05. The van der Waals surface area contributed by atoms with Crippen LogP contribution in [0.1, 0.15) is 39.9 Å². The van der Waals surface area contributed by atoms with Crippen LogP contribution in [0.2, 0.25) is 0 Å². The summed E-state index contributed by atoms with van der Waals surface area (Å²) in [7, 11) is 0. The number of rotatable bonds is 10. The number of hydrogen-bond donors (Lipinski definition) is 1. The monoisotopic (exact) mass is 404 g/mol. The van der Waals surface area contributed by atoms with Crippen LogP contribution in [0.3, 0.4) is 0 Å². The van der Waals surface area contributed by atoms with Crippen LogP contribution >= 0.6 is 0 Å². The number of carbonyl (C=O) groups is 1. The third kappa shape index (κ3) is 6.39. The Labute approximate surface area is 176 Å². The lowest BCUT2D eigenvalue weighted by molar-refractivity contribution is 0.0903. The van der Waals surface area contributed by atoms with E-state index in [1.807, 2.05) is 60.7 Å². The largest absolute Gasteiger partial charge is 0.494 e. The van der Waals surface area contributed by atoms with Gasteiger partial charge in [0.05, 0.1) is 6.61 Å². The van der Waals surface area contributed by atoms with Gasteiger partial charge in [-0.25, -0.2) is 4.39 Å². The minimum absolute atomic E-state index is 0.205. The Morgan fingerprint density at radius 1 is 0.900 bits per heavy atom. The molecule has 0 aromatic heterocycles. The number of aliphatic hydroxyl groups excluding tert-OH is 1. The summed E-state index contributed by atoms with van der Waals surface area (Å²) in [6.45, 7) is 0.133. The average molecular weight is 404 g/mol. The van der Waals surface area contributed by atoms with Gasteiger partial charge >= 0.3 is 0 Å². The maximum atomic E-state index is 12.9. The zero-order valence-corrected chi connectivity index (χ0v) is 16.8. The molecule has 0 atom stereocenters. The zero-order valence-electron chi connectivity index (χ0n) is 16.8. The number of ether oxygens (including phenoxy) is 1. The van der Waals surface area contributed by atoms with Crippen LogP contribution < -0.4 is 4.74 Å². The number of unbranched alkanes of at least 4 members (excludes halogenated alkanes) is 1. The molecule has 3 rings (SSSR count). The molecular formula is C26H25FO3. The molecule has 4 heteroatoms. The fourth-order valence-corrected chi connectivity index (χ4v) is 3.11. The molecule has 0 fully saturated rings. The summed E-state index contributed by atoms with van der Waals surface area (Å²) in [5.41, 5.74) is 3.41. The van der Waals surface area contributed by atoms with Crippen molar-refractivity contribution in [2.24, 2.45) is 0 Å². The summed E-state index contributed by atoms with van der Waals surface area (Å²) in [5.74, 6) is 0.312. The first-order chi connectivity index (χ1) is 14.7. The molecule has 3 aromatic carbocycles. The Hall–Kier alpha value is -3.24. The van der Waals surface area contributed by atoms with Crippen LogP contribution in [0.5, 0.6) is 5.75 Å². The van der Waals surface area contributed by atoms with Crippen LogP contribution in [-0.2, 0) is 6.42 Å². The van der Waals surface area contributed by atoms with E-state index in [4.69, 9.17) is 9.84 Å². The molecule has 0 bridgehead atoms. The molecule has 1 N–H and O–H groups in total. The van der Waals surface area contributed by atoms with Crippen LogP contribution in [-0.4, -0.2) is 24.1 Å². The van der Waals surface area contributed by atoms with Gasteiger partial charge in [0.1, 0.15) is 18.2 Å². The Balaban J connectivity index is 1.46. The molecule has 0 aliphatic carbocycles. The van der Waals surface area contributed by atoms with E-state index < -0.39 is 6.61 Å². The third-order valence-electron chi connectivity index (χ3n) is 4.78. The highest BCUT2D eigenvalue weighted by atomic mass is 19.1. The standard InChI is InChI=1S/C26H25FO3/c27-23-14-9-20(10-15-23)5-3-4-18-30-24-16-11-21(12-17-24)8-13-22-6-1-2-7-25(22)26(29)19-28/h1-2,6-17,28H,3-5,18-19H2/b13-8+. The molecule has 0 radical (unpaired) electrons. The van der Waals surface area contributed by atoms with Gasteiger partial charge in [-0.2, -0.15) is 0 Å². The Bertz CT molecular complexity index is 976. The van der Waals surface area contributed by atoms with Gasteiger partial charge in [0, 0.05) is 5.56 Å². The quantitative estimate of drug-likeness (QED) is 0.273. The van der Waals surface area contributed by atoms with Gasteiger partial charge in [-0.1, -0.05) is 60.7 Å². The number of aliphatic hydroxyl groups is 1. The van der Waals surface area contributed by atoms with Gasteiger partial charge in [0.2, 0.25) is 0 Å². The molecule has 0 saturated heterocycles. The number of aryl methyl sites for hydroxylation is 1. The van der Waals surface area contributed by atoms with Crippen molar-refractivity contribution in [3.8, 4) is 5.75 Å². The maximum Gasteiger partial charge on any atom is 0.188 e. The van der Waals surface area contributed by atoms with E-state index in [0.717, 1.165) is 41.7 Å². The smallest absolute Gasteiger partial charge is 0.188 e. The topological polar surface area (TPSA) is 46.5 Å². The van der Waals surface area contributed by atoms with Crippen molar-refractivity contribution in [3.63, 3.8) is 0 Å². The minimum atomic E-state index is -0.499. The number of halogens is 1. The fourth-order valence-electron chi connectivity index (χ4n) is 3.11. The van der Waals surface area contributed by atoms with E-state index in [-0.39, 0.29) is 11.6 Å². The van der Waals surface area contributed by atoms with Crippen LogP contribution in [0.4, 0.5) is 4.39 Å². The second-order valence-electron chi connectivity index (χ2n) is 7.00. The summed E-state index contributed by atoms with van der Waals surface area (Å²) in [4.78, 5) is 11.8. The highest BCUT2D eigenvalue weighted by Gasteiger charge is 2.07. The first-order valence-electron chi connectivity index (χ1n) is 10.0. The third-order valence-corrected chi connectivity index (χ3v) is 4.78. The zero-order chi connectivity index (χ0) is 21.2. The highest BCUT2D eigenvalue weighted by Crippen LogP contribution is 2.17. The molecule has 0 heterocycles. The highest BCUT2D eigenvalue weighted by molar-refractivity contribution is 6.00.